The van der Waals surface area contributed by atoms with Gasteiger partial charge in [0.25, 0.3) is 0 Å². The van der Waals surface area contributed by atoms with Gasteiger partial charge in [0.1, 0.15) is 0 Å². The van der Waals surface area contributed by atoms with E-state index >= 15 is 0 Å². The first kappa shape index (κ1) is 11.8. The minimum absolute atomic E-state index is 0.853. The molecule has 0 atom stereocenters. The van der Waals surface area contributed by atoms with Crippen molar-refractivity contribution in [2.24, 2.45) is 0 Å². The second-order valence-corrected chi connectivity index (χ2v) is 4.05. The summed E-state index contributed by atoms with van der Waals surface area (Å²) in [5, 5.41) is 3.39. The maximum atomic E-state index is 4.20. The Morgan fingerprint density at radius 3 is 2.82 bits per heavy atom. The minimum Gasteiger partial charge on any atom is -0.329 e. The lowest BCUT2D eigenvalue weighted by atomic mass is 10.2. The lowest BCUT2D eigenvalue weighted by Gasteiger charge is -2.08. The molecule has 0 radical (unpaired) electrons. The van der Waals surface area contributed by atoms with Gasteiger partial charge in [0.05, 0.1) is 12.0 Å². The fraction of sp³-hybridized carbons (Fsp3) is 0.385. The van der Waals surface area contributed by atoms with Crippen molar-refractivity contribution in [2.75, 3.05) is 6.54 Å². The standard InChI is InChI=1S/C13H18N4/c1-2-5-15-8-13-9-16-11-17(13)10-12-3-6-14-7-4-12/h3-4,6-7,9,11,15H,2,5,8,10H2,1H3. The van der Waals surface area contributed by atoms with Gasteiger partial charge in [-0.3, -0.25) is 4.98 Å². The van der Waals surface area contributed by atoms with E-state index in [1.54, 1.807) is 0 Å². The summed E-state index contributed by atoms with van der Waals surface area (Å²) in [6.45, 7) is 4.94. The van der Waals surface area contributed by atoms with Crippen LogP contribution < -0.4 is 5.32 Å². The number of rotatable bonds is 6. The molecule has 17 heavy (non-hydrogen) atoms. The smallest absolute Gasteiger partial charge is 0.0951 e. The van der Waals surface area contributed by atoms with Gasteiger partial charge in [-0.05, 0) is 30.7 Å². The average Bonchev–Trinajstić information content (AvgIpc) is 2.79. The summed E-state index contributed by atoms with van der Waals surface area (Å²) in [6, 6.07) is 4.06. The molecule has 0 saturated heterocycles. The van der Waals surface area contributed by atoms with Gasteiger partial charge >= 0.3 is 0 Å². The lowest BCUT2D eigenvalue weighted by molar-refractivity contribution is 0.630. The first-order valence-electron chi connectivity index (χ1n) is 5.98. The third-order valence-electron chi connectivity index (χ3n) is 2.63. The predicted octanol–water partition coefficient (Wildman–Crippen LogP) is 1.83. The number of aromatic nitrogens is 3. The Bertz CT molecular complexity index is 436. The number of pyridine rings is 1. The van der Waals surface area contributed by atoms with E-state index in [1.807, 2.05) is 37.1 Å². The molecule has 4 nitrogen and oxygen atoms in total. The molecule has 0 fully saturated rings. The molecular weight excluding hydrogens is 212 g/mol. The molecule has 0 aromatic carbocycles. The molecule has 0 unspecified atom stereocenters. The van der Waals surface area contributed by atoms with Crippen LogP contribution in [0.1, 0.15) is 24.6 Å². The van der Waals surface area contributed by atoms with Crippen molar-refractivity contribution in [3.8, 4) is 0 Å². The van der Waals surface area contributed by atoms with Crippen LogP contribution in [-0.4, -0.2) is 21.1 Å². The van der Waals surface area contributed by atoms with Gasteiger partial charge in [0.15, 0.2) is 0 Å². The van der Waals surface area contributed by atoms with Gasteiger partial charge < -0.3 is 9.88 Å². The molecule has 0 bridgehead atoms. The van der Waals surface area contributed by atoms with Gasteiger partial charge in [-0.2, -0.15) is 0 Å². The van der Waals surface area contributed by atoms with E-state index in [0.29, 0.717) is 0 Å². The second kappa shape index (κ2) is 6.15. The Labute approximate surface area is 102 Å². The molecule has 0 spiro atoms. The quantitative estimate of drug-likeness (QED) is 0.770. The molecule has 0 aliphatic carbocycles. The maximum Gasteiger partial charge on any atom is 0.0951 e. The minimum atomic E-state index is 0.853. The molecule has 2 rings (SSSR count). The van der Waals surface area contributed by atoms with Crippen molar-refractivity contribution in [2.45, 2.75) is 26.4 Å². The molecule has 2 aromatic rings. The van der Waals surface area contributed by atoms with Gasteiger partial charge in [-0.15, -0.1) is 0 Å². The Kier molecular flexibility index (Phi) is 4.27. The van der Waals surface area contributed by atoms with Crippen molar-refractivity contribution >= 4 is 0 Å². The highest BCUT2D eigenvalue weighted by molar-refractivity contribution is 5.12. The van der Waals surface area contributed by atoms with E-state index in [1.165, 1.54) is 11.3 Å². The van der Waals surface area contributed by atoms with Crippen molar-refractivity contribution in [1.29, 1.82) is 0 Å². The molecule has 2 heterocycles. The van der Waals surface area contributed by atoms with Crippen molar-refractivity contribution in [3.05, 3.63) is 48.3 Å². The third-order valence-corrected chi connectivity index (χ3v) is 2.63. The number of nitrogens with zero attached hydrogens (tertiary/aromatic N) is 3. The van der Waals surface area contributed by atoms with Gasteiger partial charge in [-0.1, -0.05) is 6.92 Å². The molecular formula is C13H18N4. The summed E-state index contributed by atoms with van der Waals surface area (Å²) in [7, 11) is 0. The molecule has 0 saturated carbocycles. The number of hydrogen-bond donors (Lipinski definition) is 1. The fourth-order valence-electron chi connectivity index (χ4n) is 1.72. The largest absolute Gasteiger partial charge is 0.329 e. The summed E-state index contributed by atoms with van der Waals surface area (Å²) in [5.41, 5.74) is 2.46. The topological polar surface area (TPSA) is 42.7 Å². The van der Waals surface area contributed by atoms with Gasteiger partial charge in [-0.25, -0.2) is 4.98 Å². The molecule has 0 aliphatic rings. The van der Waals surface area contributed by atoms with Crippen LogP contribution in [0.2, 0.25) is 0 Å². The van der Waals surface area contributed by atoms with Crippen LogP contribution in [-0.2, 0) is 13.1 Å². The Hall–Kier alpha value is -1.68. The molecule has 90 valence electrons. The average molecular weight is 230 g/mol. The summed E-state index contributed by atoms with van der Waals surface area (Å²) in [6.07, 6.45) is 8.59. The van der Waals surface area contributed by atoms with Crippen molar-refractivity contribution in [1.82, 2.24) is 19.9 Å². The lowest BCUT2D eigenvalue weighted by Crippen LogP contribution is -2.16. The van der Waals surface area contributed by atoms with Crippen LogP contribution >= 0.6 is 0 Å². The van der Waals surface area contributed by atoms with Crippen LogP contribution in [0.5, 0.6) is 0 Å². The molecule has 2 aromatic heterocycles. The van der Waals surface area contributed by atoms with Crippen LogP contribution in [0.15, 0.2) is 37.1 Å². The van der Waals surface area contributed by atoms with Gasteiger partial charge in [0, 0.05) is 31.7 Å². The van der Waals surface area contributed by atoms with Crippen LogP contribution in [0.3, 0.4) is 0 Å². The molecule has 1 N–H and O–H groups in total. The van der Waals surface area contributed by atoms with Crippen LogP contribution in [0, 0.1) is 0 Å². The zero-order valence-corrected chi connectivity index (χ0v) is 10.1. The normalized spacial score (nSPS) is 10.6. The zero-order valence-electron chi connectivity index (χ0n) is 10.1. The first-order valence-corrected chi connectivity index (χ1v) is 5.98. The summed E-state index contributed by atoms with van der Waals surface area (Å²) in [5.74, 6) is 0. The summed E-state index contributed by atoms with van der Waals surface area (Å²) in [4.78, 5) is 8.22. The molecule has 0 aliphatic heterocycles. The highest BCUT2D eigenvalue weighted by Gasteiger charge is 2.02. The Balaban J connectivity index is 1.99. The summed E-state index contributed by atoms with van der Waals surface area (Å²) < 4.78 is 2.16. The van der Waals surface area contributed by atoms with E-state index < -0.39 is 0 Å². The zero-order chi connectivity index (χ0) is 11.9. The monoisotopic (exact) mass is 230 g/mol. The number of nitrogens with one attached hydrogen (secondary N) is 1. The summed E-state index contributed by atoms with van der Waals surface area (Å²) >= 11 is 0. The predicted molar refractivity (Wildman–Crippen MR) is 67.6 cm³/mol. The van der Waals surface area contributed by atoms with Crippen molar-refractivity contribution < 1.29 is 0 Å². The Morgan fingerprint density at radius 2 is 2.06 bits per heavy atom. The highest BCUT2D eigenvalue weighted by atomic mass is 15.1. The number of hydrogen-bond acceptors (Lipinski definition) is 3. The first-order chi connectivity index (χ1) is 8.40. The fourth-order valence-corrected chi connectivity index (χ4v) is 1.72. The second-order valence-electron chi connectivity index (χ2n) is 4.05. The van der Waals surface area contributed by atoms with E-state index in [9.17, 15) is 0 Å². The third kappa shape index (κ3) is 3.39. The molecule has 0 amide bonds. The van der Waals surface area contributed by atoms with E-state index in [2.05, 4.69) is 26.8 Å². The maximum absolute atomic E-state index is 4.20. The van der Waals surface area contributed by atoms with E-state index in [4.69, 9.17) is 0 Å². The van der Waals surface area contributed by atoms with E-state index in [-0.39, 0.29) is 0 Å². The number of imidazole rings is 1. The SMILES string of the molecule is CCCNCc1cncn1Cc1ccncc1. The Morgan fingerprint density at radius 1 is 1.24 bits per heavy atom. The van der Waals surface area contributed by atoms with Crippen LogP contribution in [0.4, 0.5) is 0 Å². The van der Waals surface area contributed by atoms with Crippen molar-refractivity contribution in [3.63, 3.8) is 0 Å². The van der Waals surface area contributed by atoms with Crippen LogP contribution in [0.25, 0.3) is 0 Å². The molecule has 4 heteroatoms. The van der Waals surface area contributed by atoms with Gasteiger partial charge in [0.2, 0.25) is 0 Å². The highest BCUT2D eigenvalue weighted by Crippen LogP contribution is 2.05. The van der Waals surface area contributed by atoms with E-state index in [0.717, 1.165) is 26.1 Å².